The molecule has 6 nitrogen and oxygen atoms in total. The molecule has 0 aliphatic carbocycles. The van der Waals surface area contributed by atoms with Crippen LogP contribution in [0.25, 0.3) is 0 Å². The number of thiocarbonyl (C=S) groups is 1. The summed E-state index contributed by atoms with van der Waals surface area (Å²) in [7, 11) is 0. The van der Waals surface area contributed by atoms with Gasteiger partial charge in [0.05, 0.1) is 22.9 Å². The first kappa shape index (κ1) is 21.9. The lowest BCUT2D eigenvalue weighted by Crippen LogP contribution is -2.44. The van der Waals surface area contributed by atoms with Crippen LogP contribution >= 0.6 is 12.2 Å². The van der Waals surface area contributed by atoms with Crippen LogP contribution in [-0.2, 0) is 22.1 Å². The highest BCUT2D eigenvalue weighted by atomic mass is 32.2. The number of halogens is 3. The fourth-order valence-corrected chi connectivity index (χ4v) is 4.05. The quantitative estimate of drug-likeness (QED) is 0.521. The molecule has 0 saturated carbocycles. The van der Waals surface area contributed by atoms with E-state index in [4.69, 9.17) is 17.5 Å². The predicted octanol–water partition coefficient (Wildman–Crippen LogP) is 3.73. The summed E-state index contributed by atoms with van der Waals surface area (Å²) < 4.78 is 62.2. The van der Waals surface area contributed by atoms with Crippen LogP contribution in [0.15, 0.2) is 47.4 Å². The summed E-state index contributed by atoms with van der Waals surface area (Å²) in [6, 6.07) is 9.98. The van der Waals surface area contributed by atoms with Crippen LogP contribution in [0.4, 0.5) is 24.5 Å². The second-order valence-corrected chi connectivity index (χ2v) is 8.19. The van der Waals surface area contributed by atoms with E-state index in [9.17, 15) is 26.7 Å². The van der Waals surface area contributed by atoms with Crippen molar-refractivity contribution in [3.63, 3.8) is 0 Å². The van der Waals surface area contributed by atoms with Crippen molar-refractivity contribution in [1.29, 1.82) is 5.26 Å². The van der Waals surface area contributed by atoms with Gasteiger partial charge in [0.25, 0.3) is 5.91 Å². The molecule has 1 aliphatic rings. The van der Waals surface area contributed by atoms with E-state index >= 15 is 0 Å². The molecule has 0 spiro atoms. The number of anilines is 2. The van der Waals surface area contributed by atoms with Gasteiger partial charge in [0.2, 0.25) is 0 Å². The van der Waals surface area contributed by atoms with Gasteiger partial charge in [-0.1, -0.05) is 0 Å². The second-order valence-electron chi connectivity index (χ2n) is 6.89. The van der Waals surface area contributed by atoms with E-state index in [0.29, 0.717) is 11.8 Å². The maximum absolute atomic E-state index is 13.3. The van der Waals surface area contributed by atoms with Crippen molar-refractivity contribution in [3.05, 3.63) is 53.6 Å². The lowest BCUT2D eigenvalue weighted by molar-refractivity contribution is -0.137. The molecule has 0 N–H and O–H groups in total. The van der Waals surface area contributed by atoms with Crippen molar-refractivity contribution in [3.8, 4) is 6.07 Å². The largest absolute Gasteiger partial charge is 0.768 e. The first-order valence-electron chi connectivity index (χ1n) is 8.39. The highest BCUT2D eigenvalue weighted by Crippen LogP contribution is 2.39. The zero-order valence-corrected chi connectivity index (χ0v) is 17.2. The van der Waals surface area contributed by atoms with Crippen molar-refractivity contribution in [2.24, 2.45) is 0 Å². The van der Waals surface area contributed by atoms with Crippen molar-refractivity contribution >= 4 is 45.7 Å². The van der Waals surface area contributed by atoms with Crippen LogP contribution in [0, 0.1) is 11.3 Å². The molecule has 1 amide bonds. The molecule has 1 unspecified atom stereocenters. The van der Waals surface area contributed by atoms with Gasteiger partial charge in [-0.2, -0.15) is 18.4 Å². The third-order valence-electron chi connectivity index (χ3n) is 4.64. The minimum Gasteiger partial charge on any atom is -0.768 e. The fraction of sp³-hybridized carbons (Fsp3) is 0.211. The summed E-state index contributed by atoms with van der Waals surface area (Å²) in [6.07, 6.45) is -4.79. The number of hydrogen-bond donors (Lipinski definition) is 0. The number of amides is 1. The lowest BCUT2D eigenvalue weighted by Gasteiger charge is -2.29. The van der Waals surface area contributed by atoms with Crippen LogP contribution in [0.5, 0.6) is 0 Å². The van der Waals surface area contributed by atoms with E-state index < -0.39 is 39.8 Å². The molecule has 0 aromatic heterocycles. The molecule has 2 aromatic carbocycles. The van der Waals surface area contributed by atoms with Crippen LogP contribution < -0.4 is 9.80 Å². The molecule has 1 heterocycles. The van der Waals surface area contributed by atoms with Gasteiger partial charge in [-0.25, -0.2) is 0 Å². The summed E-state index contributed by atoms with van der Waals surface area (Å²) in [5.41, 5.74) is -2.71. The van der Waals surface area contributed by atoms with E-state index in [1.54, 1.807) is 13.8 Å². The number of alkyl halides is 3. The van der Waals surface area contributed by atoms with Crippen molar-refractivity contribution < 1.29 is 26.7 Å². The first-order valence-corrected chi connectivity index (χ1v) is 9.87. The Hall–Kier alpha value is -2.81. The molecule has 11 heteroatoms. The SMILES string of the molecule is CC1(C)C(=O)N(c2ccc(C#N)c(C(F)(F)F)c2)C(=S)N1c1ccc(S(=O)[O-])cc1. The summed E-state index contributed by atoms with van der Waals surface area (Å²) >= 11 is 2.96. The Morgan fingerprint density at radius 2 is 1.70 bits per heavy atom. The molecule has 0 bridgehead atoms. The van der Waals surface area contributed by atoms with Gasteiger partial charge in [0.1, 0.15) is 5.54 Å². The Morgan fingerprint density at radius 1 is 1.13 bits per heavy atom. The van der Waals surface area contributed by atoms with Crippen LogP contribution in [0.2, 0.25) is 0 Å². The van der Waals surface area contributed by atoms with Crippen LogP contribution in [0.3, 0.4) is 0 Å². The number of nitrogens with zero attached hydrogens (tertiary/aromatic N) is 3. The predicted molar refractivity (Wildman–Crippen MR) is 106 cm³/mol. The smallest absolute Gasteiger partial charge is 0.417 e. The zero-order valence-electron chi connectivity index (χ0n) is 15.6. The van der Waals surface area contributed by atoms with Gasteiger partial charge in [-0.15, -0.1) is 0 Å². The summed E-state index contributed by atoms with van der Waals surface area (Å²) in [5.74, 6) is -0.568. The molecule has 2 aromatic rings. The van der Waals surface area contributed by atoms with E-state index in [0.717, 1.165) is 11.0 Å². The number of carbonyl (C=O) groups is 1. The lowest BCUT2D eigenvalue weighted by atomic mass is 10.0. The van der Waals surface area contributed by atoms with Crippen LogP contribution in [0.1, 0.15) is 25.0 Å². The minimum absolute atomic E-state index is 0.0340. The van der Waals surface area contributed by atoms with Gasteiger partial charge in [0, 0.05) is 10.6 Å². The molecule has 1 fully saturated rings. The molecule has 1 saturated heterocycles. The summed E-state index contributed by atoms with van der Waals surface area (Å²) in [4.78, 5) is 15.5. The molecule has 30 heavy (non-hydrogen) atoms. The van der Waals surface area contributed by atoms with Crippen molar-refractivity contribution in [2.45, 2.75) is 30.5 Å². The molecule has 0 radical (unpaired) electrons. The number of benzene rings is 2. The minimum atomic E-state index is -4.79. The number of carbonyl (C=O) groups excluding carboxylic acids is 1. The van der Waals surface area contributed by atoms with Gasteiger partial charge >= 0.3 is 6.18 Å². The zero-order chi connectivity index (χ0) is 22.4. The summed E-state index contributed by atoms with van der Waals surface area (Å²) in [6.45, 7) is 3.10. The van der Waals surface area contributed by atoms with Gasteiger partial charge < -0.3 is 9.45 Å². The number of hydrogen-bond acceptors (Lipinski definition) is 5. The third-order valence-corrected chi connectivity index (χ3v) is 5.66. The molecular formula is C19H13F3N3O3S2-. The third kappa shape index (κ3) is 3.58. The van der Waals surface area contributed by atoms with Gasteiger partial charge in [-0.05, 0) is 79.6 Å². The van der Waals surface area contributed by atoms with E-state index in [1.807, 2.05) is 0 Å². The van der Waals surface area contributed by atoms with Gasteiger partial charge in [0.15, 0.2) is 5.11 Å². The highest BCUT2D eigenvalue weighted by molar-refractivity contribution is 7.81. The average Bonchev–Trinajstić information content (AvgIpc) is 2.85. The maximum Gasteiger partial charge on any atom is 0.417 e. The molecule has 1 aliphatic heterocycles. The Labute approximate surface area is 177 Å². The second kappa shape index (κ2) is 7.46. The normalized spacial score (nSPS) is 17.2. The van der Waals surface area contributed by atoms with Crippen molar-refractivity contribution in [1.82, 2.24) is 0 Å². The monoisotopic (exact) mass is 452 g/mol. The molecule has 1 atom stereocenters. The van der Waals surface area contributed by atoms with Crippen LogP contribution in [-0.4, -0.2) is 25.3 Å². The highest BCUT2D eigenvalue weighted by Gasteiger charge is 2.50. The molecule has 3 rings (SSSR count). The molecule has 156 valence electrons. The Kier molecular flexibility index (Phi) is 5.44. The standard InChI is InChI=1S/C19H14F3N3O3S2/c1-18(2)16(26)24(13-4-3-11(10-23)15(9-13)19(20,21)22)17(29)25(18)12-5-7-14(8-6-12)30(27)28/h3-9H,1-2H3,(H,27,28)/p-1. The van der Waals surface area contributed by atoms with E-state index in [1.165, 1.54) is 41.3 Å². The van der Waals surface area contributed by atoms with E-state index in [-0.39, 0.29) is 15.7 Å². The molecular weight excluding hydrogens is 439 g/mol. The Bertz CT molecular complexity index is 1110. The van der Waals surface area contributed by atoms with Gasteiger partial charge in [-0.3, -0.25) is 13.9 Å². The van der Waals surface area contributed by atoms with Crippen molar-refractivity contribution in [2.75, 3.05) is 9.80 Å². The topological polar surface area (TPSA) is 87.5 Å². The number of nitriles is 1. The maximum atomic E-state index is 13.3. The Balaban J connectivity index is 2.09. The summed E-state index contributed by atoms with van der Waals surface area (Å²) in [5, 5.41) is 8.90. The first-order chi connectivity index (χ1) is 13.9. The fourth-order valence-electron chi connectivity index (χ4n) is 3.17. The Morgan fingerprint density at radius 3 is 2.20 bits per heavy atom. The number of rotatable bonds is 3. The average molecular weight is 452 g/mol. The van der Waals surface area contributed by atoms with E-state index in [2.05, 4.69) is 0 Å².